The van der Waals surface area contributed by atoms with Crippen molar-refractivity contribution in [2.24, 2.45) is 0 Å². The van der Waals surface area contributed by atoms with Gasteiger partial charge in [0.05, 0.1) is 4.88 Å². The molecule has 134 valence electrons. The molecule has 0 saturated carbocycles. The SMILES string of the molecule is CC(C)NC(=O)Nc1ccc(NC(=O)c2cc3c(F)cccc3s2)cc1. The number of carbonyl (C=O) groups is 2. The van der Waals surface area contributed by atoms with Crippen LogP contribution in [-0.4, -0.2) is 18.0 Å². The molecule has 3 amide bonds. The second-order valence-electron chi connectivity index (χ2n) is 6.05. The number of thiophene rings is 1. The molecule has 3 aromatic rings. The van der Waals surface area contributed by atoms with Gasteiger partial charge in [0, 0.05) is 27.5 Å². The maximum atomic E-state index is 13.8. The average Bonchev–Trinajstić information content (AvgIpc) is 3.02. The molecule has 0 fully saturated rings. The molecule has 0 aliphatic heterocycles. The predicted octanol–water partition coefficient (Wildman–Crippen LogP) is 4.82. The summed E-state index contributed by atoms with van der Waals surface area (Å²) in [6.45, 7) is 3.75. The standard InChI is InChI=1S/C19H18FN3O2S/c1-11(2)21-19(25)23-13-8-6-12(7-9-13)22-18(24)17-10-14-15(20)4-3-5-16(14)26-17/h3-11H,1-2H3,(H,22,24)(H2,21,23,25). The Kier molecular flexibility index (Phi) is 5.18. The van der Waals surface area contributed by atoms with E-state index in [4.69, 9.17) is 0 Å². The van der Waals surface area contributed by atoms with Gasteiger partial charge < -0.3 is 16.0 Å². The van der Waals surface area contributed by atoms with Gasteiger partial charge in [0.2, 0.25) is 0 Å². The maximum Gasteiger partial charge on any atom is 0.319 e. The molecule has 0 radical (unpaired) electrons. The minimum Gasteiger partial charge on any atom is -0.336 e. The highest BCUT2D eigenvalue weighted by molar-refractivity contribution is 7.20. The summed E-state index contributed by atoms with van der Waals surface area (Å²) in [6.07, 6.45) is 0. The highest BCUT2D eigenvalue weighted by Crippen LogP contribution is 2.28. The maximum absolute atomic E-state index is 13.8. The molecule has 0 aliphatic rings. The third-order valence-corrected chi connectivity index (χ3v) is 4.65. The molecule has 0 aliphatic carbocycles. The number of amides is 3. The molecule has 1 heterocycles. The zero-order chi connectivity index (χ0) is 18.7. The van der Waals surface area contributed by atoms with E-state index in [2.05, 4.69) is 16.0 Å². The lowest BCUT2D eigenvalue weighted by atomic mass is 10.2. The lowest BCUT2D eigenvalue weighted by Gasteiger charge is -2.10. The first-order chi connectivity index (χ1) is 12.4. The van der Waals surface area contributed by atoms with E-state index in [1.807, 2.05) is 13.8 Å². The van der Waals surface area contributed by atoms with Crippen LogP contribution in [0.15, 0.2) is 48.5 Å². The van der Waals surface area contributed by atoms with Crippen molar-refractivity contribution in [3.8, 4) is 0 Å². The van der Waals surface area contributed by atoms with Crippen molar-refractivity contribution >= 4 is 44.7 Å². The average molecular weight is 371 g/mol. The first kappa shape index (κ1) is 17.9. The monoisotopic (exact) mass is 371 g/mol. The van der Waals surface area contributed by atoms with Crippen molar-refractivity contribution in [2.75, 3.05) is 10.6 Å². The van der Waals surface area contributed by atoms with Crippen LogP contribution in [0.3, 0.4) is 0 Å². The van der Waals surface area contributed by atoms with Crippen LogP contribution >= 0.6 is 11.3 Å². The predicted molar refractivity (Wildman–Crippen MR) is 103 cm³/mol. The summed E-state index contributed by atoms with van der Waals surface area (Å²) in [7, 11) is 0. The normalized spacial score (nSPS) is 10.8. The van der Waals surface area contributed by atoms with Gasteiger partial charge in [0.1, 0.15) is 5.82 Å². The van der Waals surface area contributed by atoms with E-state index >= 15 is 0 Å². The Labute approximate surface area is 154 Å². The second-order valence-corrected chi connectivity index (χ2v) is 7.13. The molecule has 3 N–H and O–H groups in total. The first-order valence-electron chi connectivity index (χ1n) is 8.09. The van der Waals surface area contributed by atoms with Crippen molar-refractivity contribution < 1.29 is 14.0 Å². The van der Waals surface area contributed by atoms with Crippen molar-refractivity contribution in [2.45, 2.75) is 19.9 Å². The van der Waals surface area contributed by atoms with Crippen LogP contribution in [0.25, 0.3) is 10.1 Å². The van der Waals surface area contributed by atoms with E-state index in [1.54, 1.807) is 42.5 Å². The molecule has 5 nitrogen and oxygen atoms in total. The van der Waals surface area contributed by atoms with Crippen LogP contribution in [0.5, 0.6) is 0 Å². The number of anilines is 2. The second kappa shape index (κ2) is 7.53. The van der Waals surface area contributed by atoms with Crippen LogP contribution in [-0.2, 0) is 0 Å². The van der Waals surface area contributed by atoms with Gasteiger partial charge in [-0.2, -0.15) is 0 Å². The van der Waals surface area contributed by atoms with Crippen LogP contribution in [0.1, 0.15) is 23.5 Å². The number of hydrogen-bond acceptors (Lipinski definition) is 3. The smallest absolute Gasteiger partial charge is 0.319 e. The number of carbonyl (C=O) groups excluding carboxylic acids is 2. The number of hydrogen-bond donors (Lipinski definition) is 3. The van der Waals surface area contributed by atoms with E-state index in [9.17, 15) is 14.0 Å². The number of nitrogens with one attached hydrogen (secondary N) is 3. The fourth-order valence-corrected chi connectivity index (χ4v) is 3.37. The summed E-state index contributed by atoms with van der Waals surface area (Å²) in [5.41, 5.74) is 1.20. The molecule has 26 heavy (non-hydrogen) atoms. The van der Waals surface area contributed by atoms with Crippen molar-refractivity contribution in [1.82, 2.24) is 5.32 Å². The van der Waals surface area contributed by atoms with Gasteiger partial charge in [-0.05, 0) is 56.3 Å². The Morgan fingerprint density at radius 1 is 1.00 bits per heavy atom. The molecule has 3 rings (SSSR count). The Hall–Kier alpha value is -2.93. The Bertz CT molecular complexity index is 951. The van der Waals surface area contributed by atoms with Gasteiger partial charge in [-0.3, -0.25) is 4.79 Å². The summed E-state index contributed by atoms with van der Waals surface area (Å²) in [5.74, 6) is -0.642. The third-order valence-electron chi connectivity index (χ3n) is 3.55. The van der Waals surface area contributed by atoms with Crippen molar-refractivity contribution in [3.63, 3.8) is 0 Å². The number of rotatable bonds is 4. The summed E-state index contributed by atoms with van der Waals surface area (Å²) in [6, 6.07) is 12.9. The molecule has 0 saturated heterocycles. The van der Waals surface area contributed by atoms with E-state index < -0.39 is 0 Å². The Morgan fingerprint density at radius 2 is 1.65 bits per heavy atom. The fraction of sp³-hybridized carbons (Fsp3) is 0.158. The molecule has 0 bridgehead atoms. The van der Waals surface area contributed by atoms with Gasteiger partial charge in [-0.25, -0.2) is 9.18 Å². The number of halogens is 1. The van der Waals surface area contributed by atoms with Crippen LogP contribution in [0, 0.1) is 5.82 Å². The highest BCUT2D eigenvalue weighted by Gasteiger charge is 2.13. The van der Waals surface area contributed by atoms with Crippen molar-refractivity contribution in [3.05, 3.63) is 59.2 Å². The van der Waals surface area contributed by atoms with E-state index in [0.29, 0.717) is 21.6 Å². The Morgan fingerprint density at radius 3 is 2.27 bits per heavy atom. The minimum absolute atomic E-state index is 0.0414. The third kappa shape index (κ3) is 4.18. The van der Waals surface area contributed by atoms with Gasteiger partial charge in [0.15, 0.2) is 0 Å². The lowest BCUT2D eigenvalue weighted by molar-refractivity contribution is 0.103. The number of urea groups is 1. The zero-order valence-electron chi connectivity index (χ0n) is 14.3. The fourth-order valence-electron chi connectivity index (χ4n) is 2.40. The minimum atomic E-state index is -0.340. The Balaban J connectivity index is 1.67. The lowest BCUT2D eigenvalue weighted by Crippen LogP contribution is -2.34. The van der Waals surface area contributed by atoms with Gasteiger partial charge >= 0.3 is 6.03 Å². The van der Waals surface area contributed by atoms with E-state index in [-0.39, 0.29) is 23.8 Å². The van der Waals surface area contributed by atoms with Crippen LogP contribution in [0.2, 0.25) is 0 Å². The van der Waals surface area contributed by atoms with E-state index in [1.165, 1.54) is 17.4 Å². The van der Waals surface area contributed by atoms with Crippen LogP contribution in [0.4, 0.5) is 20.6 Å². The molecule has 1 aromatic heterocycles. The summed E-state index contributed by atoms with van der Waals surface area (Å²) >= 11 is 1.24. The van der Waals surface area contributed by atoms with E-state index in [0.717, 1.165) is 4.70 Å². The zero-order valence-corrected chi connectivity index (χ0v) is 15.1. The molecular formula is C19H18FN3O2S. The molecule has 0 spiro atoms. The largest absolute Gasteiger partial charge is 0.336 e. The number of fused-ring (bicyclic) bond motifs is 1. The summed E-state index contributed by atoms with van der Waals surface area (Å²) < 4.78 is 14.5. The molecular weight excluding hydrogens is 353 g/mol. The van der Waals surface area contributed by atoms with Gasteiger partial charge in [-0.1, -0.05) is 6.07 Å². The topological polar surface area (TPSA) is 70.2 Å². The van der Waals surface area contributed by atoms with Crippen molar-refractivity contribution in [1.29, 1.82) is 0 Å². The quantitative estimate of drug-likeness (QED) is 0.615. The molecule has 7 heteroatoms. The summed E-state index contributed by atoms with van der Waals surface area (Å²) in [5, 5.41) is 8.65. The van der Waals surface area contributed by atoms with Gasteiger partial charge in [0.25, 0.3) is 5.91 Å². The molecule has 2 aromatic carbocycles. The van der Waals surface area contributed by atoms with Gasteiger partial charge in [-0.15, -0.1) is 11.3 Å². The molecule has 0 unspecified atom stereocenters. The first-order valence-corrected chi connectivity index (χ1v) is 8.91. The number of benzene rings is 2. The summed E-state index contributed by atoms with van der Waals surface area (Å²) in [4.78, 5) is 24.5. The highest BCUT2D eigenvalue weighted by atomic mass is 32.1. The molecule has 0 atom stereocenters. The van der Waals surface area contributed by atoms with Crippen LogP contribution < -0.4 is 16.0 Å².